The van der Waals surface area contributed by atoms with Crippen molar-refractivity contribution in [3.63, 3.8) is 0 Å². The number of hydrogen-bond acceptors (Lipinski definition) is 3. The molecular weight excluding hydrogens is 202 g/mol. The van der Waals surface area contributed by atoms with Gasteiger partial charge < -0.3 is 10.1 Å². The molecular formula is C12H23N3O. The van der Waals surface area contributed by atoms with E-state index in [1.54, 1.807) is 0 Å². The minimum Gasteiger partial charge on any atom is -0.380 e. The molecule has 0 amide bonds. The van der Waals surface area contributed by atoms with Gasteiger partial charge in [0.05, 0.1) is 12.8 Å². The molecule has 0 saturated carbocycles. The van der Waals surface area contributed by atoms with Gasteiger partial charge in [0.1, 0.15) is 0 Å². The van der Waals surface area contributed by atoms with Gasteiger partial charge in [-0.2, -0.15) is 5.10 Å². The lowest BCUT2D eigenvalue weighted by atomic mass is 10.2. The number of nitrogens with zero attached hydrogens (tertiary/aromatic N) is 2. The van der Waals surface area contributed by atoms with Crippen molar-refractivity contribution in [1.82, 2.24) is 15.1 Å². The van der Waals surface area contributed by atoms with Crippen molar-refractivity contribution >= 4 is 0 Å². The fourth-order valence-corrected chi connectivity index (χ4v) is 1.43. The minimum atomic E-state index is 0.791. The molecule has 0 aromatic carbocycles. The molecule has 0 fully saturated rings. The van der Waals surface area contributed by atoms with Gasteiger partial charge in [-0.1, -0.05) is 13.3 Å². The molecule has 0 spiro atoms. The molecule has 0 atom stereocenters. The van der Waals surface area contributed by atoms with E-state index in [0.29, 0.717) is 0 Å². The first-order chi connectivity index (χ1) is 7.75. The van der Waals surface area contributed by atoms with Gasteiger partial charge in [0.25, 0.3) is 0 Å². The Balaban J connectivity index is 2.05. The second kappa shape index (κ2) is 7.41. The first kappa shape index (κ1) is 13.2. The SMILES string of the molecule is CCCCOCCNCc1cnn(C)c1C. The van der Waals surface area contributed by atoms with E-state index in [0.717, 1.165) is 32.7 Å². The molecule has 1 aromatic rings. The normalized spacial score (nSPS) is 10.9. The van der Waals surface area contributed by atoms with E-state index in [-0.39, 0.29) is 0 Å². The Bertz CT molecular complexity index is 296. The van der Waals surface area contributed by atoms with E-state index >= 15 is 0 Å². The van der Waals surface area contributed by atoms with Gasteiger partial charge in [0.2, 0.25) is 0 Å². The van der Waals surface area contributed by atoms with Crippen LogP contribution in [0.5, 0.6) is 0 Å². The summed E-state index contributed by atoms with van der Waals surface area (Å²) in [6.07, 6.45) is 4.27. The van der Waals surface area contributed by atoms with E-state index < -0.39 is 0 Å². The van der Waals surface area contributed by atoms with Crippen LogP contribution in [0.3, 0.4) is 0 Å². The number of unbranched alkanes of at least 4 members (excludes halogenated alkanes) is 1. The zero-order valence-electron chi connectivity index (χ0n) is 10.6. The molecule has 0 bridgehead atoms. The quantitative estimate of drug-likeness (QED) is 0.684. The highest BCUT2D eigenvalue weighted by atomic mass is 16.5. The second-order valence-corrected chi connectivity index (χ2v) is 4.02. The Labute approximate surface area is 98.0 Å². The van der Waals surface area contributed by atoms with Crippen LogP contribution in [0.2, 0.25) is 0 Å². The zero-order valence-corrected chi connectivity index (χ0v) is 10.6. The standard InChI is InChI=1S/C12H23N3O/c1-4-5-7-16-8-6-13-9-12-10-14-15(3)11(12)2/h10,13H,4-9H2,1-3H3. The van der Waals surface area contributed by atoms with E-state index in [1.807, 2.05) is 17.9 Å². The van der Waals surface area contributed by atoms with Crippen molar-refractivity contribution in [1.29, 1.82) is 0 Å². The van der Waals surface area contributed by atoms with E-state index in [9.17, 15) is 0 Å². The van der Waals surface area contributed by atoms with E-state index in [2.05, 4.69) is 24.3 Å². The molecule has 1 rings (SSSR count). The molecule has 4 nitrogen and oxygen atoms in total. The average Bonchev–Trinajstić information content (AvgIpc) is 2.59. The first-order valence-electron chi connectivity index (χ1n) is 6.01. The predicted molar refractivity (Wildman–Crippen MR) is 65.4 cm³/mol. The third kappa shape index (κ3) is 4.33. The Morgan fingerprint density at radius 3 is 2.88 bits per heavy atom. The van der Waals surface area contributed by atoms with Crippen LogP contribution in [0.1, 0.15) is 31.0 Å². The third-order valence-electron chi connectivity index (χ3n) is 2.72. The topological polar surface area (TPSA) is 39.1 Å². The average molecular weight is 225 g/mol. The van der Waals surface area contributed by atoms with Gasteiger partial charge in [0, 0.05) is 38.0 Å². The summed E-state index contributed by atoms with van der Waals surface area (Å²) in [6.45, 7) is 7.70. The predicted octanol–water partition coefficient (Wildman–Crippen LogP) is 1.63. The molecule has 0 aliphatic rings. The Kier molecular flexibility index (Phi) is 6.11. The maximum atomic E-state index is 5.46. The molecule has 1 heterocycles. The zero-order chi connectivity index (χ0) is 11.8. The fourth-order valence-electron chi connectivity index (χ4n) is 1.43. The van der Waals surface area contributed by atoms with Crippen LogP contribution >= 0.6 is 0 Å². The fraction of sp³-hybridized carbons (Fsp3) is 0.750. The summed E-state index contributed by atoms with van der Waals surface area (Å²) < 4.78 is 7.36. The van der Waals surface area contributed by atoms with Crippen molar-refractivity contribution < 1.29 is 4.74 Å². The van der Waals surface area contributed by atoms with Crippen molar-refractivity contribution in [3.8, 4) is 0 Å². The maximum absolute atomic E-state index is 5.46. The monoisotopic (exact) mass is 225 g/mol. The van der Waals surface area contributed by atoms with Crippen LogP contribution in [-0.4, -0.2) is 29.5 Å². The van der Waals surface area contributed by atoms with Crippen LogP contribution in [0, 0.1) is 6.92 Å². The molecule has 0 aliphatic carbocycles. The Hall–Kier alpha value is -0.870. The summed E-state index contributed by atoms with van der Waals surface area (Å²) in [5.41, 5.74) is 2.48. The van der Waals surface area contributed by atoms with Crippen LogP contribution in [0.15, 0.2) is 6.20 Å². The third-order valence-corrected chi connectivity index (χ3v) is 2.72. The van der Waals surface area contributed by atoms with Gasteiger partial charge >= 0.3 is 0 Å². The molecule has 0 saturated heterocycles. The molecule has 0 unspecified atom stereocenters. The lowest BCUT2D eigenvalue weighted by Gasteiger charge is -2.05. The number of nitrogens with one attached hydrogen (secondary N) is 1. The minimum absolute atomic E-state index is 0.791. The highest BCUT2D eigenvalue weighted by molar-refractivity contribution is 5.15. The van der Waals surface area contributed by atoms with Crippen molar-refractivity contribution in [2.24, 2.45) is 7.05 Å². The van der Waals surface area contributed by atoms with E-state index in [4.69, 9.17) is 4.74 Å². The summed E-state index contributed by atoms with van der Waals surface area (Å²) >= 11 is 0. The van der Waals surface area contributed by atoms with E-state index in [1.165, 1.54) is 17.7 Å². The molecule has 1 N–H and O–H groups in total. The smallest absolute Gasteiger partial charge is 0.0591 e. The van der Waals surface area contributed by atoms with Crippen molar-refractivity contribution in [3.05, 3.63) is 17.5 Å². The van der Waals surface area contributed by atoms with Gasteiger partial charge in [-0.3, -0.25) is 4.68 Å². The Morgan fingerprint density at radius 1 is 1.44 bits per heavy atom. The number of ether oxygens (including phenoxy) is 1. The number of aryl methyl sites for hydroxylation is 1. The molecule has 16 heavy (non-hydrogen) atoms. The van der Waals surface area contributed by atoms with Crippen LogP contribution in [-0.2, 0) is 18.3 Å². The number of aromatic nitrogens is 2. The van der Waals surface area contributed by atoms with Crippen LogP contribution < -0.4 is 5.32 Å². The van der Waals surface area contributed by atoms with Crippen LogP contribution in [0.25, 0.3) is 0 Å². The summed E-state index contributed by atoms with van der Waals surface area (Å²) in [7, 11) is 1.96. The van der Waals surface area contributed by atoms with Gasteiger partial charge in [0.15, 0.2) is 0 Å². The molecule has 1 aromatic heterocycles. The highest BCUT2D eigenvalue weighted by Gasteiger charge is 2.01. The molecule has 0 aliphatic heterocycles. The summed E-state index contributed by atoms with van der Waals surface area (Å²) in [5.74, 6) is 0. The first-order valence-corrected chi connectivity index (χ1v) is 6.01. The number of hydrogen-bond donors (Lipinski definition) is 1. The van der Waals surface area contributed by atoms with Gasteiger partial charge in [-0.25, -0.2) is 0 Å². The molecule has 0 radical (unpaired) electrons. The number of rotatable bonds is 8. The second-order valence-electron chi connectivity index (χ2n) is 4.02. The van der Waals surface area contributed by atoms with Gasteiger partial charge in [-0.15, -0.1) is 0 Å². The lowest BCUT2D eigenvalue weighted by Crippen LogP contribution is -2.19. The van der Waals surface area contributed by atoms with Gasteiger partial charge in [-0.05, 0) is 13.3 Å². The lowest BCUT2D eigenvalue weighted by molar-refractivity contribution is 0.133. The van der Waals surface area contributed by atoms with Crippen LogP contribution in [0.4, 0.5) is 0 Å². The Morgan fingerprint density at radius 2 is 2.25 bits per heavy atom. The highest BCUT2D eigenvalue weighted by Crippen LogP contribution is 2.04. The molecule has 4 heteroatoms. The summed E-state index contributed by atoms with van der Waals surface area (Å²) in [6, 6.07) is 0. The summed E-state index contributed by atoms with van der Waals surface area (Å²) in [5, 5.41) is 7.56. The summed E-state index contributed by atoms with van der Waals surface area (Å²) in [4.78, 5) is 0. The van der Waals surface area contributed by atoms with Crippen molar-refractivity contribution in [2.75, 3.05) is 19.8 Å². The van der Waals surface area contributed by atoms with Crippen molar-refractivity contribution in [2.45, 2.75) is 33.2 Å². The molecule has 92 valence electrons. The maximum Gasteiger partial charge on any atom is 0.0591 e. The largest absolute Gasteiger partial charge is 0.380 e.